The summed E-state index contributed by atoms with van der Waals surface area (Å²) in [4.78, 5) is 45.9. The largest absolute Gasteiger partial charge is 0.483 e. The highest BCUT2D eigenvalue weighted by Crippen LogP contribution is 2.41. The molecule has 10 heteroatoms. The van der Waals surface area contributed by atoms with Crippen LogP contribution in [0.5, 0.6) is 5.75 Å². The van der Waals surface area contributed by atoms with Gasteiger partial charge in [-0.25, -0.2) is 8.78 Å². The number of hydrogen-bond donors (Lipinski definition) is 1. The van der Waals surface area contributed by atoms with Crippen molar-refractivity contribution in [1.82, 2.24) is 19.7 Å². The first-order valence-corrected chi connectivity index (χ1v) is 14.9. The van der Waals surface area contributed by atoms with Crippen molar-refractivity contribution in [1.29, 1.82) is 0 Å². The minimum Gasteiger partial charge on any atom is -0.483 e. The van der Waals surface area contributed by atoms with E-state index in [0.717, 1.165) is 50.0 Å². The molecule has 0 spiro atoms. The number of fused-ring (bicyclic) bond motifs is 4. The van der Waals surface area contributed by atoms with Crippen LogP contribution in [0.4, 0.5) is 8.78 Å². The number of carbonyl (C=O) groups is 2. The molecule has 2 aliphatic heterocycles. The van der Waals surface area contributed by atoms with E-state index in [1.165, 1.54) is 12.3 Å². The lowest BCUT2D eigenvalue weighted by molar-refractivity contribution is -0.0581. The van der Waals surface area contributed by atoms with E-state index in [4.69, 9.17) is 4.74 Å². The van der Waals surface area contributed by atoms with Crippen LogP contribution in [0.3, 0.4) is 0 Å². The smallest absolute Gasteiger partial charge is 0.276 e. The maximum absolute atomic E-state index is 14.4. The van der Waals surface area contributed by atoms with Gasteiger partial charge < -0.3 is 19.5 Å². The highest BCUT2D eigenvalue weighted by Gasteiger charge is 2.49. The average Bonchev–Trinajstić information content (AvgIpc) is 3.44. The molecule has 3 aliphatic rings. The second kappa shape index (κ2) is 11.9. The van der Waals surface area contributed by atoms with Gasteiger partial charge in [-0.1, -0.05) is 56.7 Å². The molecule has 1 aromatic heterocycles. The quantitative estimate of drug-likeness (QED) is 0.416. The molecule has 226 valence electrons. The minimum atomic E-state index is -0.798. The van der Waals surface area contributed by atoms with Gasteiger partial charge in [0, 0.05) is 43.5 Å². The average molecular weight is 591 g/mol. The fourth-order valence-electron chi connectivity index (χ4n) is 6.83. The molecule has 6 rings (SSSR count). The normalized spacial score (nSPS) is 21.4. The third-order valence-corrected chi connectivity index (χ3v) is 8.75. The Morgan fingerprint density at radius 2 is 1.86 bits per heavy atom. The molecule has 2 fully saturated rings. The molecule has 0 radical (unpaired) electrons. The van der Waals surface area contributed by atoms with Gasteiger partial charge in [-0.05, 0) is 36.3 Å². The summed E-state index contributed by atoms with van der Waals surface area (Å²) in [5.74, 6) is -1.91. The van der Waals surface area contributed by atoms with Crippen molar-refractivity contribution in [3.63, 3.8) is 0 Å². The fraction of sp³-hybridized carbons (Fsp3) is 0.424. The van der Waals surface area contributed by atoms with E-state index in [1.54, 1.807) is 4.57 Å². The number of amides is 2. The van der Waals surface area contributed by atoms with E-state index in [0.29, 0.717) is 18.4 Å². The highest BCUT2D eigenvalue weighted by atomic mass is 19.1. The molecule has 1 saturated heterocycles. The molecule has 3 atom stereocenters. The number of nitrogens with zero attached hydrogens (tertiary/aromatic N) is 3. The third kappa shape index (κ3) is 5.68. The lowest BCUT2D eigenvalue weighted by Crippen LogP contribution is -2.66. The Morgan fingerprint density at radius 1 is 1.07 bits per heavy atom. The standard InChI is InChI=1S/C33H36F2N4O4/c1-20(2)15-37-16-23-9-6-10-27(23)39-28(37)18-38-17-25(32(41)36-14-22-11-12-24(34)13-26(22)35)30(40)31(29(38)33(39)42)43-19-21-7-4-3-5-8-21/h3-5,7-8,11-13,17,20,23,27-28H,6,9-10,14-16,18-19H2,1-2H3,(H,36,41)/t23-,27-,28-/m0/s1. The van der Waals surface area contributed by atoms with Gasteiger partial charge in [-0.15, -0.1) is 0 Å². The van der Waals surface area contributed by atoms with Crippen molar-refractivity contribution in [2.45, 2.75) is 65.0 Å². The molecular weight excluding hydrogens is 554 g/mol. The van der Waals surface area contributed by atoms with Gasteiger partial charge in [0.05, 0.1) is 6.54 Å². The molecule has 3 aromatic rings. The summed E-state index contributed by atoms with van der Waals surface area (Å²) in [5.41, 5.74) is 0.123. The van der Waals surface area contributed by atoms with Crippen molar-refractivity contribution in [2.75, 3.05) is 13.1 Å². The molecule has 1 N–H and O–H groups in total. The predicted molar refractivity (Wildman–Crippen MR) is 157 cm³/mol. The summed E-state index contributed by atoms with van der Waals surface area (Å²) in [5, 5.41) is 2.58. The van der Waals surface area contributed by atoms with Crippen molar-refractivity contribution in [3.8, 4) is 5.75 Å². The van der Waals surface area contributed by atoms with Crippen LogP contribution < -0.4 is 15.5 Å². The Labute approximate surface area is 249 Å². The van der Waals surface area contributed by atoms with Crippen LogP contribution in [0.25, 0.3) is 0 Å². The molecule has 8 nitrogen and oxygen atoms in total. The maximum Gasteiger partial charge on any atom is 0.276 e. The Balaban J connectivity index is 1.39. The van der Waals surface area contributed by atoms with E-state index in [9.17, 15) is 23.2 Å². The van der Waals surface area contributed by atoms with Crippen LogP contribution >= 0.6 is 0 Å². The van der Waals surface area contributed by atoms with Crippen LogP contribution in [-0.4, -0.2) is 51.5 Å². The Bertz CT molecular complexity index is 1590. The number of rotatable bonds is 8. The van der Waals surface area contributed by atoms with Crippen molar-refractivity contribution >= 4 is 11.8 Å². The molecule has 2 aromatic carbocycles. The predicted octanol–water partition coefficient (Wildman–Crippen LogP) is 4.56. The second-order valence-electron chi connectivity index (χ2n) is 12.2. The molecule has 3 heterocycles. The van der Waals surface area contributed by atoms with Gasteiger partial charge >= 0.3 is 0 Å². The van der Waals surface area contributed by atoms with Crippen LogP contribution in [0.15, 0.2) is 59.5 Å². The van der Waals surface area contributed by atoms with Crippen molar-refractivity contribution < 1.29 is 23.1 Å². The van der Waals surface area contributed by atoms with Gasteiger partial charge in [0.1, 0.15) is 30.0 Å². The number of ether oxygens (including phenoxy) is 1. The summed E-state index contributed by atoms with van der Waals surface area (Å²) in [6.45, 7) is 6.21. The number of pyridine rings is 1. The van der Waals surface area contributed by atoms with Crippen molar-refractivity contribution in [2.24, 2.45) is 11.8 Å². The second-order valence-corrected chi connectivity index (χ2v) is 12.2. The number of hydrogen-bond acceptors (Lipinski definition) is 5. The first-order chi connectivity index (χ1) is 20.7. The van der Waals surface area contributed by atoms with Gasteiger partial charge in [0.15, 0.2) is 11.4 Å². The monoisotopic (exact) mass is 590 g/mol. The number of benzene rings is 2. The molecular formula is C33H36F2N4O4. The lowest BCUT2D eigenvalue weighted by atomic mass is 9.93. The number of carbonyl (C=O) groups excluding carboxylic acids is 2. The molecule has 2 amide bonds. The summed E-state index contributed by atoms with van der Waals surface area (Å²) < 4.78 is 35.4. The zero-order valence-electron chi connectivity index (χ0n) is 24.4. The SMILES string of the molecule is CC(C)CN1C[C@@H]2CCC[C@@H]2N2C(=O)c3c(OCc4ccccc4)c(=O)c(C(=O)NCc4ccc(F)cc4F)cn3C[C@@H]12. The van der Waals surface area contributed by atoms with E-state index in [-0.39, 0.29) is 53.8 Å². The van der Waals surface area contributed by atoms with Crippen LogP contribution in [0.2, 0.25) is 0 Å². The van der Waals surface area contributed by atoms with Gasteiger partial charge in [-0.2, -0.15) is 0 Å². The van der Waals surface area contributed by atoms with E-state index < -0.39 is 23.0 Å². The first-order valence-electron chi connectivity index (χ1n) is 14.9. The van der Waals surface area contributed by atoms with Crippen LogP contribution in [0, 0.1) is 23.5 Å². The van der Waals surface area contributed by atoms with E-state index in [2.05, 4.69) is 24.1 Å². The third-order valence-electron chi connectivity index (χ3n) is 8.75. The summed E-state index contributed by atoms with van der Waals surface area (Å²) >= 11 is 0. The zero-order valence-corrected chi connectivity index (χ0v) is 24.4. The number of halogens is 2. The molecule has 0 unspecified atom stereocenters. The number of aromatic nitrogens is 1. The molecule has 1 aliphatic carbocycles. The van der Waals surface area contributed by atoms with E-state index in [1.807, 2.05) is 35.2 Å². The topological polar surface area (TPSA) is 83.9 Å². The van der Waals surface area contributed by atoms with Crippen LogP contribution in [-0.2, 0) is 19.7 Å². The van der Waals surface area contributed by atoms with Crippen LogP contribution in [0.1, 0.15) is 65.1 Å². The minimum absolute atomic E-state index is 0.0389. The number of nitrogens with one attached hydrogen (secondary N) is 1. The van der Waals surface area contributed by atoms with Gasteiger partial charge in [-0.3, -0.25) is 19.3 Å². The lowest BCUT2D eigenvalue weighted by Gasteiger charge is -2.53. The zero-order chi connectivity index (χ0) is 30.2. The molecule has 1 saturated carbocycles. The molecule has 43 heavy (non-hydrogen) atoms. The Morgan fingerprint density at radius 3 is 2.60 bits per heavy atom. The maximum atomic E-state index is 14.4. The first kappa shape index (κ1) is 29.0. The fourth-order valence-corrected chi connectivity index (χ4v) is 6.83. The summed E-state index contributed by atoms with van der Waals surface area (Å²) in [6.07, 6.45) is 4.25. The van der Waals surface area contributed by atoms with Gasteiger partial charge in [0.2, 0.25) is 5.43 Å². The van der Waals surface area contributed by atoms with Gasteiger partial charge in [0.25, 0.3) is 11.8 Å². The Kier molecular flexibility index (Phi) is 8.05. The summed E-state index contributed by atoms with van der Waals surface area (Å²) in [7, 11) is 0. The highest BCUT2D eigenvalue weighted by molar-refractivity contribution is 5.99. The summed E-state index contributed by atoms with van der Waals surface area (Å²) in [6, 6.07) is 12.5. The molecule has 0 bridgehead atoms. The van der Waals surface area contributed by atoms with E-state index >= 15 is 0 Å². The Hall–Kier alpha value is -4.05. The van der Waals surface area contributed by atoms with Crippen molar-refractivity contribution in [3.05, 3.63) is 99.0 Å².